The lowest BCUT2D eigenvalue weighted by molar-refractivity contribution is 0.0446. The van der Waals surface area contributed by atoms with Gasteiger partial charge >= 0.3 is 5.97 Å². The largest absolute Gasteiger partial charge is 0.496 e. The number of hydrogen-bond donors (Lipinski definition) is 1. The van der Waals surface area contributed by atoms with E-state index in [1.165, 1.54) is 0 Å². The molecule has 1 N–H and O–H groups in total. The lowest BCUT2D eigenvalue weighted by Gasteiger charge is -2.11. The first kappa shape index (κ1) is 11.9. The second-order valence-electron chi connectivity index (χ2n) is 4.16. The standard InChI is InChI=1S/C13H17NO3/c1-16-12-5-3-2-4-11(12)13(15)17-9-10-6-7-14-8-10/h2-5,10,14H,6-9H2,1H3. The van der Waals surface area contributed by atoms with Crippen LogP contribution in [0, 0.1) is 5.92 Å². The number of nitrogens with one attached hydrogen (secondary N) is 1. The van der Waals surface area contributed by atoms with E-state index in [1.807, 2.05) is 6.07 Å². The van der Waals surface area contributed by atoms with Gasteiger partial charge in [-0.2, -0.15) is 0 Å². The van der Waals surface area contributed by atoms with Gasteiger partial charge in [0.2, 0.25) is 0 Å². The van der Waals surface area contributed by atoms with Crippen molar-refractivity contribution in [3.05, 3.63) is 29.8 Å². The van der Waals surface area contributed by atoms with Crippen LogP contribution < -0.4 is 10.1 Å². The van der Waals surface area contributed by atoms with Crippen LogP contribution in [-0.4, -0.2) is 32.8 Å². The van der Waals surface area contributed by atoms with Crippen molar-refractivity contribution in [2.45, 2.75) is 6.42 Å². The summed E-state index contributed by atoms with van der Waals surface area (Å²) in [5.41, 5.74) is 0.487. The van der Waals surface area contributed by atoms with Crippen molar-refractivity contribution in [3.8, 4) is 5.75 Å². The van der Waals surface area contributed by atoms with Gasteiger partial charge in [-0.3, -0.25) is 0 Å². The predicted octanol–water partition coefficient (Wildman–Crippen LogP) is 1.46. The molecule has 1 aliphatic heterocycles. The van der Waals surface area contributed by atoms with E-state index in [9.17, 15) is 4.79 Å². The van der Waals surface area contributed by atoms with E-state index < -0.39 is 0 Å². The van der Waals surface area contributed by atoms with Crippen LogP contribution in [0.15, 0.2) is 24.3 Å². The molecule has 0 aliphatic carbocycles. The van der Waals surface area contributed by atoms with Gasteiger partial charge in [-0.15, -0.1) is 0 Å². The Hall–Kier alpha value is -1.55. The number of esters is 1. The SMILES string of the molecule is COc1ccccc1C(=O)OCC1CCNC1. The fourth-order valence-corrected chi connectivity index (χ4v) is 1.94. The molecular formula is C13H17NO3. The van der Waals surface area contributed by atoms with E-state index in [-0.39, 0.29) is 5.97 Å². The Bertz CT molecular complexity index is 386. The topological polar surface area (TPSA) is 47.6 Å². The molecule has 92 valence electrons. The van der Waals surface area contributed by atoms with Gasteiger partial charge in [0, 0.05) is 12.5 Å². The third-order valence-electron chi connectivity index (χ3n) is 2.94. The van der Waals surface area contributed by atoms with E-state index in [0.717, 1.165) is 19.5 Å². The number of methoxy groups -OCH3 is 1. The molecule has 1 saturated heterocycles. The number of benzene rings is 1. The highest BCUT2D eigenvalue weighted by Gasteiger charge is 2.18. The molecule has 1 heterocycles. The molecular weight excluding hydrogens is 218 g/mol. The van der Waals surface area contributed by atoms with Crippen molar-refractivity contribution in [2.75, 3.05) is 26.8 Å². The van der Waals surface area contributed by atoms with E-state index in [1.54, 1.807) is 25.3 Å². The summed E-state index contributed by atoms with van der Waals surface area (Å²) in [6, 6.07) is 7.11. The Balaban J connectivity index is 1.94. The lowest BCUT2D eigenvalue weighted by Crippen LogP contribution is -2.17. The first-order chi connectivity index (χ1) is 8.31. The van der Waals surface area contributed by atoms with Gasteiger partial charge < -0.3 is 14.8 Å². The number of para-hydroxylation sites is 1. The van der Waals surface area contributed by atoms with Crippen molar-refractivity contribution in [1.29, 1.82) is 0 Å². The molecule has 2 rings (SSSR count). The molecule has 0 saturated carbocycles. The molecule has 0 radical (unpaired) electrons. The van der Waals surface area contributed by atoms with Crippen molar-refractivity contribution in [1.82, 2.24) is 5.32 Å². The molecule has 0 bridgehead atoms. The van der Waals surface area contributed by atoms with Crippen LogP contribution in [-0.2, 0) is 4.74 Å². The summed E-state index contributed by atoms with van der Waals surface area (Å²) in [7, 11) is 1.55. The summed E-state index contributed by atoms with van der Waals surface area (Å²) in [5.74, 6) is 0.685. The molecule has 1 aromatic rings. The van der Waals surface area contributed by atoms with E-state index in [2.05, 4.69) is 5.32 Å². The molecule has 0 spiro atoms. The van der Waals surface area contributed by atoms with Crippen molar-refractivity contribution in [3.63, 3.8) is 0 Å². The van der Waals surface area contributed by atoms with Gasteiger partial charge in [-0.25, -0.2) is 4.79 Å². The van der Waals surface area contributed by atoms with Crippen LogP contribution in [0.3, 0.4) is 0 Å². The molecule has 0 amide bonds. The smallest absolute Gasteiger partial charge is 0.341 e. The number of carbonyl (C=O) groups excluding carboxylic acids is 1. The average Bonchev–Trinajstić information content (AvgIpc) is 2.89. The third kappa shape index (κ3) is 2.97. The average molecular weight is 235 g/mol. The number of rotatable bonds is 4. The minimum Gasteiger partial charge on any atom is -0.496 e. The maximum absolute atomic E-state index is 11.9. The Labute approximate surface area is 101 Å². The molecule has 0 aromatic heterocycles. The Morgan fingerprint density at radius 1 is 1.47 bits per heavy atom. The first-order valence-corrected chi connectivity index (χ1v) is 5.82. The van der Waals surface area contributed by atoms with Crippen molar-refractivity contribution < 1.29 is 14.3 Å². The molecule has 1 unspecified atom stereocenters. The molecule has 1 aromatic carbocycles. The quantitative estimate of drug-likeness (QED) is 0.803. The van der Waals surface area contributed by atoms with Gasteiger partial charge in [-0.1, -0.05) is 12.1 Å². The second-order valence-corrected chi connectivity index (χ2v) is 4.16. The fraction of sp³-hybridized carbons (Fsp3) is 0.462. The van der Waals surface area contributed by atoms with Crippen molar-refractivity contribution in [2.24, 2.45) is 5.92 Å². The Kier molecular flexibility index (Phi) is 3.98. The molecule has 1 atom stereocenters. The Morgan fingerprint density at radius 2 is 2.29 bits per heavy atom. The molecule has 1 aliphatic rings. The van der Waals surface area contributed by atoms with Crippen LogP contribution in [0.5, 0.6) is 5.75 Å². The summed E-state index contributed by atoms with van der Waals surface area (Å²) in [4.78, 5) is 11.9. The highest BCUT2D eigenvalue weighted by atomic mass is 16.5. The molecule has 1 fully saturated rings. The highest BCUT2D eigenvalue weighted by Crippen LogP contribution is 2.19. The van der Waals surface area contributed by atoms with Gasteiger partial charge in [0.15, 0.2) is 0 Å². The monoisotopic (exact) mass is 235 g/mol. The molecule has 4 heteroatoms. The normalized spacial score (nSPS) is 19.0. The zero-order valence-corrected chi connectivity index (χ0v) is 9.94. The number of hydrogen-bond acceptors (Lipinski definition) is 4. The zero-order chi connectivity index (χ0) is 12.1. The summed E-state index contributed by atoms with van der Waals surface area (Å²) in [5, 5.41) is 3.24. The third-order valence-corrected chi connectivity index (χ3v) is 2.94. The highest BCUT2D eigenvalue weighted by molar-refractivity contribution is 5.92. The van der Waals surface area contributed by atoms with Crippen LogP contribution >= 0.6 is 0 Å². The van der Waals surface area contributed by atoms with Gasteiger partial charge in [0.05, 0.1) is 13.7 Å². The molecule has 17 heavy (non-hydrogen) atoms. The maximum Gasteiger partial charge on any atom is 0.341 e. The van der Waals surface area contributed by atoms with Gasteiger partial charge in [0.25, 0.3) is 0 Å². The fourth-order valence-electron chi connectivity index (χ4n) is 1.94. The van der Waals surface area contributed by atoms with Crippen LogP contribution in [0.25, 0.3) is 0 Å². The number of carbonyl (C=O) groups is 1. The van der Waals surface area contributed by atoms with Crippen molar-refractivity contribution >= 4 is 5.97 Å². The van der Waals surface area contributed by atoms with Crippen LogP contribution in [0.2, 0.25) is 0 Å². The zero-order valence-electron chi connectivity index (χ0n) is 9.94. The summed E-state index contributed by atoms with van der Waals surface area (Å²) < 4.78 is 10.4. The first-order valence-electron chi connectivity index (χ1n) is 5.82. The van der Waals surface area contributed by atoms with Gasteiger partial charge in [0.1, 0.15) is 11.3 Å². The minimum absolute atomic E-state index is 0.311. The van der Waals surface area contributed by atoms with Crippen LogP contribution in [0.1, 0.15) is 16.8 Å². The van der Waals surface area contributed by atoms with E-state index >= 15 is 0 Å². The summed E-state index contributed by atoms with van der Waals surface area (Å²) in [6.45, 7) is 2.42. The Morgan fingerprint density at radius 3 is 3.00 bits per heavy atom. The summed E-state index contributed by atoms with van der Waals surface area (Å²) >= 11 is 0. The number of ether oxygens (including phenoxy) is 2. The maximum atomic E-state index is 11.9. The minimum atomic E-state index is -0.311. The van der Waals surface area contributed by atoms with E-state index in [4.69, 9.17) is 9.47 Å². The van der Waals surface area contributed by atoms with Crippen LogP contribution in [0.4, 0.5) is 0 Å². The van der Waals surface area contributed by atoms with E-state index in [0.29, 0.717) is 23.8 Å². The van der Waals surface area contributed by atoms with Gasteiger partial charge in [-0.05, 0) is 25.1 Å². The predicted molar refractivity (Wildman–Crippen MR) is 64.3 cm³/mol. The lowest BCUT2D eigenvalue weighted by atomic mass is 10.1. The summed E-state index contributed by atoms with van der Waals surface area (Å²) in [6.07, 6.45) is 1.07. The second kappa shape index (κ2) is 5.68. The molecule has 4 nitrogen and oxygen atoms in total.